The molecule has 0 unspecified atom stereocenters. The Morgan fingerprint density at radius 3 is 2.44 bits per heavy atom. The van der Waals surface area contributed by atoms with E-state index in [9.17, 15) is 18.0 Å². The van der Waals surface area contributed by atoms with Crippen molar-refractivity contribution in [2.75, 3.05) is 19.7 Å². The van der Waals surface area contributed by atoms with Gasteiger partial charge in [-0.2, -0.15) is 4.31 Å². The predicted molar refractivity (Wildman–Crippen MR) is 91.0 cm³/mol. The van der Waals surface area contributed by atoms with Crippen molar-refractivity contribution in [3.05, 3.63) is 35.9 Å². The molecule has 1 heterocycles. The fourth-order valence-corrected chi connectivity index (χ4v) is 3.85. The van der Waals surface area contributed by atoms with Crippen LogP contribution in [-0.4, -0.2) is 50.5 Å². The molecule has 0 N–H and O–H groups in total. The summed E-state index contributed by atoms with van der Waals surface area (Å²) in [7, 11) is -3.50. The average Bonchev–Trinajstić information content (AvgIpc) is 2.99. The Bertz CT molecular complexity index is 750. The van der Waals surface area contributed by atoms with E-state index in [1.165, 1.54) is 28.6 Å². The van der Waals surface area contributed by atoms with Gasteiger partial charge in [-0.05, 0) is 23.8 Å². The number of cyclic esters (lactones) is 1. The van der Waals surface area contributed by atoms with E-state index in [2.05, 4.69) is 0 Å². The second-order valence-corrected chi connectivity index (χ2v) is 7.31. The standard InChI is InChI=1S/C17H21NO6S/c1-3-18(4-2)25(21,22)14-8-5-13(6-9-14)7-10-16(19)24-15-11-12-23-17(15)20/h5-10,15H,3-4,11-12H2,1-2H3/b10-7+/t15-/m1/s1. The molecule has 1 atom stereocenters. The van der Waals surface area contributed by atoms with Crippen molar-refractivity contribution >= 4 is 28.0 Å². The number of nitrogens with zero attached hydrogens (tertiary/aromatic N) is 1. The van der Waals surface area contributed by atoms with Crippen LogP contribution in [0.1, 0.15) is 25.8 Å². The predicted octanol–water partition coefficient (Wildman–Crippen LogP) is 1.59. The highest BCUT2D eigenvalue weighted by atomic mass is 32.2. The van der Waals surface area contributed by atoms with E-state index in [0.29, 0.717) is 25.1 Å². The third-order valence-electron chi connectivity index (χ3n) is 3.78. The highest BCUT2D eigenvalue weighted by Crippen LogP contribution is 2.17. The quantitative estimate of drug-likeness (QED) is 0.537. The molecular weight excluding hydrogens is 346 g/mol. The summed E-state index contributed by atoms with van der Waals surface area (Å²) in [6.45, 7) is 4.61. The molecule has 0 amide bonds. The Hall–Kier alpha value is -2.19. The second kappa shape index (κ2) is 8.26. The molecule has 7 nitrogen and oxygen atoms in total. The third-order valence-corrected chi connectivity index (χ3v) is 5.84. The van der Waals surface area contributed by atoms with Gasteiger partial charge in [-0.25, -0.2) is 18.0 Å². The molecule has 0 spiro atoms. The number of benzene rings is 1. The van der Waals surface area contributed by atoms with Crippen molar-refractivity contribution in [1.29, 1.82) is 0 Å². The van der Waals surface area contributed by atoms with E-state index in [0.717, 1.165) is 0 Å². The lowest BCUT2D eigenvalue weighted by molar-refractivity contribution is -0.156. The Morgan fingerprint density at radius 1 is 1.28 bits per heavy atom. The third kappa shape index (κ3) is 4.67. The summed E-state index contributed by atoms with van der Waals surface area (Å²) in [5.74, 6) is -1.18. The summed E-state index contributed by atoms with van der Waals surface area (Å²) >= 11 is 0. The smallest absolute Gasteiger partial charge is 0.347 e. The molecule has 1 aromatic carbocycles. The van der Waals surface area contributed by atoms with Crippen LogP contribution < -0.4 is 0 Å². The number of carbonyl (C=O) groups excluding carboxylic acids is 2. The minimum absolute atomic E-state index is 0.199. The molecule has 0 aromatic heterocycles. The summed E-state index contributed by atoms with van der Waals surface area (Å²) in [5, 5.41) is 0. The molecule has 0 radical (unpaired) electrons. The number of carbonyl (C=O) groups is 2. The Labute approximate surface area is 147 Å². The van der Waals surface area contributed by atoms with Crippen molar-refractivity contribution in [3.8, 4) is 0 Å². The van der Waals surface area contributed by atoms with Crippen molar-refractivity contribution in [2.24, 2.45) is 0 Å². The molecule has 1 fully saturated rings. The van der Waals surface area contributed by atoms with E-state index in [-0.39, 0.29) is 11.5 Å². The molecule has 1 aliphatic heterocycles. The first kappa shape index (κ1) is 19.1. The monoisotopic (exact) mass is 367 g/mol. The Morgan fingerprint density at radius 2 is 1.92 bits per heavy atom. The fourth-order valence-electron chi connectivity index (χ4n) is 2.39. The van der Waals surface area contributed by atoms with Crippen molar-refractivity contribution in [1.82, 2.24) is 4.31 Å². The number of sulfonamides is 1. The maximum Gasteiger partial charge on any atom is 0.347 e. The van der Waals surface area contributed by atoms with Gasteiger partial charge in [0.15, 0.2) is 0 Å². The van der Waals surface area contributed by atoms with Crippen LogP contribution in [-0.2, 0) is 29.1 Å². The van der Waals surface area contributed by atoms with Crippen LogP contribution in [0.2, 0.25) is 0 Å². The lowest BCUT2D eigenvalue weighted by Gasteiger charge is -2.18. The van der Waals surface area contributed by atoms with E-state index < -0.39 is 28.1 Å². The molecule has 0 aliphatic carbocycles. The molecule has 1 saturated heterocycles. The molecule has 136 valence electrons. The van der Waals surface area contributed by atoms with Crippen LogP contribution in [0.3, 0.4) is 0 Å². The Kier molecular flexibility index (Phi) is 6.33. The number of rotatable bonds is 7. The molecular formula is C17H21NO6S. The summed E-state index contributed by atoms with van der Waals surface area (Å²) in [6.07, 6.45) is 2.20. The van der Waals surface area contributed by atoms with Crippen molar-refractivity contribution in [3.63, 3.8) is 0 Å². The summed E-state index contributed by atoms with van der Waals surface area (Å²) in [5.41, 5.74) is 0.643. The van der Waals surface area contributed by atoms with Gasteiger partial charge in [0.05, 0.1) is 11.5 Å². The summed E-state index contributed by atoms with van der Waals surface area (Å²) in [6, 6.07) is 6.19. The van der Waals surface area contributed by atoms with E-state index in [1.54, 1.807) is 26.0 Å². The lowest BCUT2D eigenvalue weighted by atomic mass is 10.2. The second-order valence-electron chi connectivity index (χ2n) is 5.37. The maximum atomic E-state index is 12.4. The van der Waals surface area contributed by atoms with E-state index >= 15 is 0 Å². The largest absolute Gasteiger partial charge is 0.463 e. The van der Waals surface area contributed by atoms with E-state index in [1.807, 2.05) is 0 Å². The minimum Gasteiger partial charge on any atom is -0.463 e. The molecule has 0 bridgehead atoms. The average molecular weight is 367 g/mol. The molecule has 2 rings (SSSR count). The number of esters is 2. The molecule has 8 heteroatoms. The fraction of sp³-hybridized carbons (Fsp3) is 0.412. The first-order chi connectivity index (χ1) is 11.9. The first-order valence-corrected chi connectivity index (χ1v) is 9.48. The van der Waals surface area contributed by atoms with Gasteiger partial charge in [-0.15, -0.1) is 0 Å². The van der Waals surface area contributed by atoms with Gasteiger partial charge in [-0.1, -0.05) is 26.0 Å². The van der Waals surface area contributed by atoms with Crippen LogP contribution in [0, 0.1) is 0 Å². The highest BCUT2D eigenvalue weighted by molar-refractivity contribution is 7.89. The van der Waals surface area contributed by atoms with Crippen molar-refractivity contribution in [2.45, 2.75) is 31.3 Å². The molecule has 1 aromatic rings. The number of hydrogen-bond acceptors (Lipinski definition) is 6. The van der Waals surface area contributed by atoms with Gasteiger partial charge in [0.1, 0.15) is 0 Å². The van der Waals surface area contributed by atoms with E-state index in [4.69, 9.17) is 9.47 Å². The molecule has 25 heavy (non-hydrogen) atoms. The van der Waals surface area contributed by atoms with Crippen LogP contribution in [0.25, 0.3) is 6.08 Å². The van der Waals surface area contributed by atoms with Gasteiger partial charge in [0, 0.05) is 25.6 Å². The normalized spacial score (nSPS) is 17.9. The van der Waals surface area contributed by atoms with Gasteiger partial charge >= 0.3 is 11.9 Å². The van der Waals surface area contributed by atoms with Crippen LogP contribution in [0.5, 0.6) is 0 Å². The zero-order valence-electron chi connectivity index (χ0n) is 14.2. The van der Waals surface area contributed by atoms with Gasteiger partial charge in [-0.3, -0.25) is 0 Å². The van der Waals surface area contributed by atoms with Crippen LogP contribution in [0.15, 0.2) is 35.2 Å². The lowest BCUT2D eigenvalue weighted by Crippen LogP contribution is -2.30. The summed E-state index contributed by atoms with van der Waals surface area (Å²) in [4.78, 5) is 23.1. The Balaban J connectivity index is 2.02. The summed E-state index contributed by atoms with van der Waals surface area (Å²) < 4.78 is 35.8. The minimum atomic E-state index is -3.50. The SMILES string of the molecule is CCN(CC)S(=O)(=O)c1ccc(/C=C/C(=O)O[C@@H]2CCOC2=O)cc1. The number of ether oxygens (including phenoxy) is 2. The maximum absolute atomic E-state index is 12.4. The van der Waals surface area contributed by atoms with Crippen molar-refractivity contribution < 1.29 is 27.5 Å². The number of hydrogen-bond donors (Lipinski definition) is 0. The molecule has 1 aliphatic rings. The topological polar surface area (TPSA) is 90.0 Å². The van der Waals surface area contributed by atoms with Gasteiger partial charge in [0.2, 0.25) is 16.1 Å². The zero-order valence-corrected chi connectivity index (χ0v) is 15.0. The van der Waals surface area contributed by atoms with Crippen LogP contribution >= 0.6 is 0 Å². The first-order valence-electron chi connectivity index (χ1n) is 8.04. The van der Waals surface area contributed by atoms with Gasteiger partial charge < -0.3 is 9.47 Å². The van der Waals surface area contributed by atoms with Crippen LogP contribution in [0.4, 0.5) is 0 Å². The zero-order chi connectivity index (χ0) is 18.4. The molecule has 0 saturated carbocycles. The highest BCUT2D eigenvalue weighted by Gasteiger charge is 2.29. The van der Waals surface area contributed by atoms with Gasteiger partial charge in [0.25, 0.3) is 0 Å².